The summed E-state index contributed by atoms with van der Waals surface area (Å²) in [6.07, 6.45) is 0. The van der Waals surface area contributed by atoms with Crippen LogP contribution in [0.25, 0.3) is 0 Å². The van der Waals surface area contributed by atoms with Gasteiger partial charge in [-0.1, -0.05) is 114 Å². The summed E-state index contributed by atoms with van der Waals surface area (Å²) in [5, 5.41) is 0. The maximum atomic E-state index is 2.51. The first kappa shape index (κ1) is 26.7. The first-order valence-corrected chi connectivity index (χ1v) is 13.1. The maximum Gasteiger partial charge on any atom is 0.00723 e. The van der Waals surface area contributed by atoms with E-state index in [4.69, 9.17) is 0 Å². The zero-order chi connectivity index (χ0) is 24.5. The third-order valence-corrected chi connectivity index (χ3v) is 7.22. The Morgan fingerprint density at radius 1 is 0.344 bits per heavy atom. The Balaban J connectivity index is 2.94. The summed E-state index contributed by atoms with van der Waals surface area (Å²) >= 11 is 0. The molecule has 2 aromatic rings. The molecule has 0 aliphatic rings. The number of rotatable bonds is 8. The smallest absolute Gasteiger partial charge is 0.00723 e. The van der Waals surface area contributed by atoms with Crippen molar-refractivity contribution < 1.29 is 0 Å². The van der Waals surface area contributed by atoms with Crippen LogP contribution < -0.4 is 0 Å². The van der Waals surface area contributed by atoms with Gasteiger partial charge in [-0.05, 0) is 80.0 Å². The van der Waals surface area contributed by atoms with E-state index < -0.39 is 0 Å². The normalized spacial score (nSPS) is 12.6. The van der Waals surface area contributed by atoms with Gasteiger partial charge in [-0.3, -0.25) is 0 Å². The van der Waals surface area contributed by atoms with Gasteiger partial charge < -0.3 is 0 Å². The zero-order valence-corrected chi connectivity index (χ0v) is 23.4. The molecule has 0 aliphatic heterocycles. The first-order chi connectivity index (χ1) is 14.8. The van der Waals surface area contributed by atoms with Gasteiger partial charge in [-0.15, -0.1) is 0 Å². The molecule has 0 unspecified atom stereocenters. The predicted octanol–water partition coefficient (Wildman–Crippen LogP) is 10.6. The van der Waals surface area contributed by atoms with Crippen LogP contribution in [0.4, 0.5) is 0 Å². The van der Waals surface area contributed by atoms with Crippen molar-refractivity contribution in [1.29, 1.82) is 0 Å². The second-order valence-electron chi connectivity index (χ2n) is 11.9. The summed E-state index contributed by atoms with van der Waals surface area (Å²) in [5.74, 6) is 3.57. The Kier molecular flexibility index (Phi) is 8.82. The Morgan fingerprint density at radius 2 is 0.562 bits per heavy atom. The third-order valence-electron chi connectivity index (χ3n) is 7.22. The molecule has 0 radical (unpaired) electrons. The number of benzene rings is 2. The molecule has 0 spiro atoms. The molecular formula is C32H50. The Labute approximate surface area is 200 Å². The van der Waals surface area contributed by atoms with Crippen LogP contribution in [0.5, 0.6) is 0 Å². The van der Waals surface area contributed by atoms with E-state index in [0.29, 0.717) is 41.4 Å². The van der Waals surface area contributed by atoms with E-state index in [1.54, 1.807) is 33.4 Å². The quantitative estimate of drug-likeness (QED) is 0.387. The lowest BCUT2D eigenvalue weighted by molar-refractivity contribution is 0.719. The molecule has 0 aromatic heterocycles. The summed E-state index contributed by atoms with van der Waals surface area (Å²) in [6.45, 7) is 30.7. The van der Waals surface area contributed by atoms with Crippen molar-refractivity contribution in [2.24, 2.45) is 0 Å². The molecule has 178 valence electrons. The second-order valence-corrected chi connectivity index (χ2v) is 11.9. The van der Waals surface area contributed by atoms with E-state index in [1.807, 2.05) is 0 Å². The summed E-state index contributed by atoms with van der Waals surface area (Å²) in [7, 11) is 0. The van der Waals surface area contributed by atoms with E-state index in [1.165, 1.54) is 11.1 Å². The highest BCUT2D eigenvalue weighted by Gasteiger charge is 2.27. The number of hydrogen-bond donors (Lipinski definition) is 0. The zero-order valence-electron chi connectivity index (χ0n) is 23.4. The highest BCUT2D eigenvalue weighted by Crippen LogP contribution is 2.44. The monoisotopic (exact) mass is 434 g/mol. The van der Waals surface area contributed by atoms with Crippen molar-refractivity contribution in [3.05, 3.63) is 68.8 Å². The molecule has 0 nitrogen and oxygen atoms in total. The summed E-state index contributed by atoms with van der Waals surface area (Å²) in [5.41, 5.74) is 12.3. The third kappa shape index (κ3) is 5.49. The fourth-order valence-electron chi connectivity index (χ4n) is 5.17. The van der Waals surface area contributed by atoms with Gasteiger partial charge in [0.05, 0.1) is 0 Å². The van der Waals surface area contributed by atoms with Crippen molar-refractivity contribution >= 4 is 0 Å². The molecular weight excluding hydrogens is 384 g/mol. The van der Waals surface area contributed by atoms with Gasteiger partial charge in [-0.2, -0.15) is 0 Å². The standard InChI is InChI=1S/C32H50/c1-18(2)25-14-27(20(5)6)31(28(15-25)21(7)8)24(13)32-29(22(9)10)16-26(19(3)4)17-30(32)23(11)12/h14-24H,1-13H3. The van der Waals surface area contributed by atoms with E-state index in [-0.39, 0.29) is 0 Å². The molecule has 2 rings (SSSR count). The minimum Gasteiger partial charge on any atom is -0.0587 e. The van der Waals surface area contributed by atoms with Gasteiger partial charge in [0.25, 0.3) is 0 Å². The number of hydrogen-bond acceptors (Lipinski definition) is 0. The van der Waals surface area contributed by atoms with Crippen molar-refractivity contribution in [3.63, 3.8) is 0 Å². The van der Waals surface area contributed by atoms with Gasteiger partial charge in [-0.25, -0.2) is 0 Å². The average molecular weight is 435 g/mol. The lowest BCUT2D eigenvalue weighted by Gasteiger charge is -2.32. The Bertz CT molecular complexity index is 772. The van der Waals surface area contributed by atoms with Gasteiger partial charge in [0.15, 0.2) is 0 Å². The van der Waals surface area contributed by atoms with Crippen LogP contribution >= 0.6 is 0 Å². The molecule has 0 bridgehead atoms. The Hall–Kier alpha value is -1.56. The Morgan fingerprint density at radius 3 is 0.719 bits per heavy atom. The van der Waals surface area contributed by atoms with Crippen LogP contribution in [0, 0.1) is 0 Å². The molecule has 0 amide bonds. The molecule has 0 N–H and O–H groups in total. The van der Waals surface area contributed by atoms with Crippen LogP contribution in [0.1, 0.15) is 176 Å². The van der Waals surface area contributed by atoms with Crippen LogP contribution in [0.2, 0.25) is 0 Å². The van der Waals surface area contributed by atoms with Gasteiger partial charge >= 0.3 is 0 Å². The van der Waals surface area contributed by atoms with Gasteiger partial charge in [0, 0.05) is 5.92 Å². The molecule has 2 aromatic carbocycles. The molecule has 0 atom stereocenters. The predicted molar refractivity (Wildman–Crippen MR) is 145 cm³/mol. The van der Waals surface area contributed by atoms with Gasteiger partial charge in [0.2, 0.25) is 0 Å². The molecule has 32 heavy (non-hydrogen) atoms. The van der Waals surface area contributed by atoms with Crippen LogP contribution in [-0.4, -0.2) is 0 Å². The highest BCUT2D eigenvalue weighted by molar-refractivity contribution is 5.54. The fraction of sp³-hybridized carbons (Fsp3) is 0.625. The topological polar surface area (TPSA) is 0 Å². The largest absolute Gasteiger partial charge is 0.0587 e. The highest BCUT2D eigenvalue weighted by atomic mass is 14.3. The lowest BCUT2D eigenvalue weighted by atomic mass is 9.73. The molecule has 0 heteroatoms. The van der Waals surface area contributed by atoms with Crippen LogP contribution in [0.15, 0.2) is 24.3 Å². The first-order valence-electron chi connectivity index (χ1n) is 13.1. The van der Waals surface area contributed by atoms with E-state index >= 15 is 0 Å². The van der Waals surface area contributed by atoms with Crippen molar-refractivity contribution in [2.45, 2.75) is 131 Å². The molecule has 0 aliphatic carbocycles. The second kappa shape index (κ2) is 10.6. The van der Waals surface area contributed by atoms with Crippen molar-refractivity contribution in [1.82, 2.24) is 0 Å². The van der Waals surface area contributed by atoms with Crippen LogP contribution in [0.3, 0.4) is 0 Å². The minimum absolute atomic E-state index is 0.391. The van der Waals surface area contributed by atoms with Crippen molar-refractivity contribution in [3.8, 4) is 0 Å². The molecule has 0 heterocycles. The van der Waals surface area contributed by atoms with Gasteiger partial charge in [0.1, 0.15) is 0 Å². The summed E-state index contributed by atoms with van der Waals surface area (Å²) in [6, 6.07) is 10.1. The van der Waals surface area contributed by atoms with E-state index in [9.17, 15) is 0 Å². The lowest BCUT2D eigenvalue weighted by Crippen LogP contribution is -2.15. The average Bonchev–Trinajstić information content (AvgIpc) is 2.70. The summed E-state index contributed by atoms with van der Waals surface area (Å²) in [4.78, 5) is 0. The molecule has 0 saturated carbocycles. The van der Waals surface area contributed by atoms with E-state index in [0.717, 1.165) is 0 Å². The summed E-state index contributed by atoms with van der Waals surface area (Å²) < 4.78 is 0. The van der Waals surface area contributed by atoms with Crippen molar-refractivity contribution in [2.75, 3.05) is 0 Å². The molecule has 0 fully saturated rings. The minimum atomic E-state index is 0.391. The molecule has 0 saturated heterocycles. The van der Waals surface area contributed by atoms with Crippen LogP contribution in [-0.2, 0) is 0 Å². The fourth-order valence-corrected chi connectivity index (χ4v) is 5.17. The van der Waals surface area contributed by atoms with E-state index in [2.05, 4.69) is 114 Å². The SMILES string of the molecule is CC(C)c1cc(C(C)C)c(C(C)c2c(C(C)C)cc(C(C)C)cc2C(C)C)c(C(C)C)c1. The maximum absolute atomic E-state index is 2.51.